The quantitative estimate of drug-likeness (QED) is 0.499. The van der Waals surface area contributed by atoms with E-state index in [2.05, 4.69) is 5.32 Å². The lowest BCUT2D eigenvalue weighted by atomic mass is 9.87. The van der Waals surface area contributed by atoms with Gasteiger partial charge in [-0.05, 0) is 73.5 Å². The van der Waals surface area contributed by atoms with Crippen molar-refractivity contribution in [3.63, 3.8) is 0 Å². The van der Waals surface area contributed by atoms with Gasteiger partial charge in [0.05, 0.1) is 5.69 Å². The summed E-state index contributed by atoms with van der Waals surface area (Å²) in [6.45, 7) is 0. The zero-order chi connectivity index (χ0) is 16.8. The molecule has 2 aliphatic carbocycles. The average Bonchev–Trinajstić information content (AvgIpc) is 3.16. The third-order valence-corrected chi connectivity index (χ3v) is 5.90. The van der Waals surface area contributed by atoms with Gasteiger partial charge in [0.1, 0.15) is 5.57 Å². The summed E-state index contributed by atoms with van der Waals surface area (Å²) >= 11 is 11.1. The van der Waals surface area contributed by atoms with Gasteiger partial charge in [0.15, 0.2) is 5.11 Å². The van der Waals surface area contributed by atoms with Crippen molar-refractivity contribution < 1.29 is 9.59 Å². The van der Waals surface area contributed by atoms with Gasteiger partial charge in [-0.2, -0.15) is 0 Å². The SMILES string of the molecule is O=C1NC(=S)N(c2ccc(Cl)cc2)C(=O)/C1=C\C1C[C@@H]2CC[C@H]1C2. The van der Waals surface area contributed by atoms with E-state index in [1.165, 1.54) is 24.2 Å². The van der Waals surface area contributed by atoms with Crippen molar-refractivity contribution in [2.45, 2.75) is 25.7 Å². The highest BCUT2D eigenvalue weighted by Crippen LogP contribution is 2.49. The number of thiocarbonyl (C=S) groups is 1. The number of rotatable bonds is 2. The van der Waals surface area contributed by atoms with Crippen LogP contribution in [0.3, 0.4) is 0 Å². The van der Waals surface area contributed by atoms with Gasteiger partial charge in [-0.3, -0.25) is 19.8 Å². The molecule has 4 nitrogen and oxygen atoms in total. The maximum absolute atomic E-state index is 12.9. The second kappa shape index (κ2) is 5.97. The molecule has 2 amide bonds. The van der Waals surface area contributed by atoms with E-state index in [9.17, 15) is 9.59 Å². The highest BCUT2D eigenvalue weighted by Gasteiger charge is 2.41. The molecule has 3 atom stereocenters. The van der Waals surface area contributed by atoms with E-state index in [0.717, 1.165) is 12.3 Å². The van der Waals surface area contributed by atoms with E-state index in [4.69, 9.17) is 23.8 Å². The number of carbonyl (C=O) groups is 2. The number of nitrogens with zero attached hydrogens (tertiary/aromatic N) is 1. The van der Waals surface area contributed by atoms with Gasteiger partial charge >= 0.3 is 0 Å². The largest absolute Gasteiger partial charge is 0.298 e. The summed E-state index contributed by atoms with van der Waals surface area (Å²) in [5.41, 5.74) is 0.810. The minimum atomic E-state index is -0.391. The van der Waals surface area contributed by atoms with Gasteiger partial charge in [0.2, 0.25) is 0 Å². The molecule has 1 unspecified atom stereocenters. The smallest absolute Gasteiger partial charge is 0.269 e. The predicted octanol–water partition coefficient (Wildman–Crippen LogP) is 3.45. The van der Waals surface area contributed by atoms with Crippen LogP contribution in [0.5, 0.6) is 0 Å². The van der Waals surface area contributed by atoms with E-state index in [1.807, 2.05) is 6.08 Å². The Balaban J connectivity index is 1.65. The third kappa shape index (κ3) is 2.66. The topological polar surface area (TPSA) is 49.4 Å². The molecular formula is C18H17ClN2O2S. The molecule has 3 aliphatic rings. The summed E-state index contributed by atoms with van der Waals surface area (Å²) < 4.78 is 0. The van der Waals surface area contributed by atoms with Crippen LogP contribution in [0.25, 0.3) is 0 Å². The average molecular weight is 361 g/mol. The fraction of sp³-hybridized carbons (Fsp3) is 0.389. The Morgan fingerprint density at radius 3 is 2.54 bits per heavy atom. The molecule has 1 aliphatic heterocycles. The number of hydrogen-bond acceptors (Lipinski definition) is 3. The first-order valence-corrected chi connectivity index (χ1v) is 8.98. The molecule has 2 bridgehead atoms. The Hall–Kier alpha value is -1.72. The minimum absolute atomic E-state index is 0.109. The maximum Gasteiger partial charge on any atom is 0.269 e. The number of hydrogen-bond donors (Lipinski definition) is 1. The molecule has 0 radical (unpaired) electrons. The predicted molar refractivity (Wildman–Crippen MR) is 96.7 cm³/mol. The number of anilines is 1. The second-order valence-corrected chi connectivity index (χ2v) is 7.62. The molecule has 0 spiro atoms. The standard InChI is InChI=1S/C18H17ClN2O2S/c19-13-3-5-14(6-4-13)21-17(23)15(16(22)20-18(21)24)9-12-8-10-1-2-11(12)7-10/h3-6,9-12H,1-2,7-8H2,(H,20,22,24)/b15-9-/t10-,11+,12?/m1/s1. The lowest BCUT2D eigenvalue weighted by Crippen LogP contribution is -2.54. The summed E-state index contributed by atoms with van der Waals surface area (Å²) in [7, 11) is 0. The molecule has 1 N–H and O–H groups in total. The fourth-order valence-electron chi connectivity index (χ4n) is 4.21. The van der Waals surface area contributed by atoms with Crippen LogP contribution in [0.2, 0.25) is 5.02 Å². The third-order valence-electron chi connectivity index (χ3n) is 5.36. The Morgan fingerprint density at radius 1 is 1.17 bits per heavy atom. The summed E-state index contributed by atoms with van der Waals surface area (Å²) in [4.78, 5) is 26.6. The summed E-state index contributed by atoms with van der Waals surface area (Å²) in [5.74, 6) is 0.951. The maximum atomic E-state index is 12.9. The van der Waals surface area contributed by atoms with Crippen molar-refractivity contribution in [2.75, 3.05) is 4.90 Å². The molecule has 1 aromatic rings. The first-order valence-electron chi connectivity index (χ1n) is 8.20. The van der Waals surface area contributed by atoms with Gasteiger partial charge in [0.25, 0.3) is 11.8 Å². The number of fused-ring (bicyclic) bond motifs is 2. The molecule has 4 rings (SSSR count). The highest BCUT2D eigenvalue weighted by atomic mass is 35.5. The van der Waals surface area contributed by atoms with E-state index in [1.54, 1.807) is 24.3 Å². The number of amides is 2. The molecule has 1 heterocycles. The van der Waals surface area contributed by atoms with Crippen molar-refractivity contribution in [3.05, 3.63) is 40.9 Å². The Morgan fingerprint density at radius 2 is 1.92 bits per heavy atom. The van der Waals surface area contributed by atoms with Crippen LogP contribution in [0.4, 0.5) is 5.69 Å². The number of benzene rings is 1. The van der Waals surface area contributed by atoms with Crippen LogP contribution in [0.15, 0.2) is 35.9 Å². The normalized spacial score (nSPS) is 31.0. The fourth-order valence-corrected chi connectivity index (χ4v) is 4.62. The molecule has 3 fully saturated rings. The Kier molecular flexibility index (Phi) is 3.93. The van der Waals surface area contributed by atoms with Crippen molar-refractivity contribution in [2.24, 2.45) is 17.8 Å². The van der Waals surface area contributed by atoms with Crippen LogP contribution < -0.4 is 10.2 Å². The molecule has 24 heavy (non-hydrogen) atoms. The molecule has 6 heteroatoms. The van der Waals surface area contributed by atoms with Gasteiger partial charge in [-0.25, -0.2) is 0 Å². The van der Waals surface area contributed by atoms with E-state index >= 15 is 0 Å². The zero-order valence-electron chi connectivity index (χ0n) is 13.0. The zero-order valence-corrected chi connectivity index (χ0v) is 14.6. The van der Waals surface area contributed by atoms with Crippen LogP contribution in [0, 0.1) is 17.8 Å². The lowest BCUT2D eigenvalue weighted by molar-refractivity contribution is -0.122. The van der Waals surface area contributed by atoms with Gasteiger partial charge < -0.3 is 0 Å². The molecular weight excluding hydrogens is 344 g/mol. The summed E-state index contributed by atoms with van der Waals surface area (Å²) in [6.07, 6.45) is 6.68. The molecule has 0 aromatic heterocycles. The van der Waals surface area contributed by atoms with E-state index < -0.39 is 5.91 Å². The van der Waals surface area contributed by atoms with Gasteiger partial charge in [-0.15, -0.1) is 0 Å². The van der Waals surface area contributed by atoms with Gasteiger partial charge in [-0.1, -0.05) is 24.1 Å². The Labute approximate surface area is 150 Å². The van der Waals surface area contributed by atoms with Crippen molar-refractivity contribution >= 4 is 46.4 Å². The molecule has 1 saturated heterocycles. The molecule has 124 valence electrons. The summed E-state index contributed by atoms with van der Waals surface area (Å²) in [5, 5.41) is 3.33. The molecule has 2 saturated carbocycles. The minimum Gasteiger partial charge on any atom is -0.298 e. The number of nitrogens with one attached hydrogen (secondary N) is 1. The first kappa shape index (κ1) is 15.8. The van der Waals surface area contributed by atoms with Crippen LogP contribution >= 0.6 is 23.8 Å². The summed E-state index contributed by atoms with van der Waals surface area (Å²) in [6, 6.07) is 6.84. The number of carbonyl (C=O) groups excluding carboxylic acids is 2. The lowest BCUT2D eigenvalue weighted by Gasteiger charge is -2.30. The van der Waals surface area contributed by atoms with Gasteiger partial charge in [0, 0.05) is 5.02 Å². The van der Waals surface area contributed by atoms with Crippen LogP contribution in [-0.2, 0) is 9.59 Å². The van der Waals surface area contributed by atoms with Crippen LogP contribution in [0.1, 0.15) is 25.7 Å². The monoisotopic (exact) mass is 360 g/mol. The van der Waals surface area contributed by atoms with Crippen molar-refractivity contribution in [3.8, 4) is 0 Å². The number of allylic oxidation sites excluding steroid dienone is 1. The van der Waals surface area contributed by atoms with Crippen molar-refractivity contribution in [1.82, 2.24) is 5.32 Å². The highest BCUT2D eigenvalue weighted by molar-refractivity contribution is 7.80. The van der Waals surface area contributed by atoms with Crippen molar-refractivity contribution in [1.29, 1.82) is 0 Å². The van der Waals surface area contributed by atoms with E-state index in [0.29, 0.717) is 22.5 Å². The number of halogens is 1. The van der Waals surface area contributed by atoms with Crippen LogP contribution in [-0.4, -0.2) is 16.9 Å². The molecule has 1 aromatic carbocycles. The van der Waals surface area contributed by atoms with E-state index in [-0.39, 0.29) is 16.6 Å². The first-order chi connectivity index (χ1) is 11.5. The Bertz CT molecular complexity index is 759. The second-order valence-electron chi connectivity index (χ2n) is 6.80.